The van der Waals surface area contributed by atoms with Crippen LogP contribution in [0.3, 0.4) is 0 Å². The molecule has 1 aromatic carbocycles. The molecule has 0 bridgehead atoms. The lowest BCUT2D eigenvalue weighted by Gasteiger charge is -2.22. The smallest absolute Gasteiger partial charge is 0.137 e. The molecule has 1 aromatic rings. The zero-order valence-corrected chi connectivity index (χ0v) is 11.4. The van der Waals surface area contributed by atoms with E-state index in [9.17, 15) is 4.79 Å². The first-order valence-electron chi connectivity index (χ1n) is 6.71. The van der Waals surface area contributed by atoms with Crippen LogP contribution < -0.4 is 5.32 Å². The van der Waals surface area contributed by atoms with Crippen LogP contribution in [0.5, 0.6) is 0 Å². The Morgan fingerprint density at radius 3 is 2.78 bits per heavy atom. The molecule has 0 radical (unpaired) electrons. The van der Waals surface area contributed by atoms with Gasteiger partial charge in [-0.3, -0.25) is 4.79 Å². The van der Waals surface area contributed by atoms with Gasteiger partial charge in [0, 0.05) is 17.9 Å². The van der Waals surface area contributed by atoms with Gasteiger partial charge >= 0.3 is 0 Å². The van der Waals surface area contributed by atoms with Crippen molar-refractivity contribution in [1.29, 1.82) is 0 Å². The van der Waals surface area contributed by atoms with Crippen LogP contribution in [0.1, 0.15) is 31.2 Å². The third-order valence-electron chi connectivity index (χ3n) is 3.54. The zero-order valence-electron chi connectivity index (χ0n) is 10.6. The van der Waals surface area contributed by atoms with Crippen molar-refractivity contribution in [2.75, 3.05) is 13.1 Å². The van der Waals surface area contributed by atoms with E-state index >= 15 is 0 Å². The summed E-state index contributed by atoms with van der Waals surface area (Å²) in [5.74, 6) is 1.02. The number of nitrogens with one attached hydrogen (secondary N) is 1. The fraction of sp³-hybridized carbons (Fsp3) is 0.533. The van der Waals surface area contributed by atoms with Gasteiger partial charge in [-0.2, -0.15) is 0 Å². The molecule has 0 saturated carbocycles. The predicted octanol–water partition coefficient (Wildman–Crippen LogP) is 3.23. The molecule has 1 heterocycles. The molecule has 98 valence electrons. The highest BCUT2D eigenvalue weighted by molar-refractivity contribution is 6.30. The number of carbonyl (C=O) groups is 1. The number of benzene rings is 1. The van der Waals surface area contributed by atoms with Crippen molar-refractivity contribution in [2.24, 2.45) is 5.92 Å². The number of hydrogen-bond acceptors (Lipinski definition) is 2. The second-order valence-electron chi connectivity index (χ2n) is 5.09. The first-order chi connectivity index (χ1) is 8.74. The first-order valence-corrected chi connectivity index (χ1v) is 7.08. The standard InChI is InChI=1S/C15H20ClNO/c16-14-6-3-12(4-7-14)10-15(18)8-5-13-2-1-9-17-11-13/h3-4,6-7,13,17H,1-2,5,8-11H2. The fourth-order valence-electron chi connectivity index (χ4n) is 2.45. The second kappa shape index (κ2) is 6.91. The SMILES string of the molecule is O=C(CCC1CCCNC1)Cc1ccc(Cl)cc1. The topological polar surface area (TPSA) is 29.1 Å². The van der Waals surface area contributed by atoms with Crippen molar-refractivity contribution in [1.82, 2.24) is 5.32 Å². The normalized spacial score (nSPS) is 19.7. The van der Waals surface area contributed by atoms with Gasteiger partial charge in [0.1, 0.15) is 5.78 Å². The van der Waals surface area contributed by atoms with Crippen LogP contribution in [-0.4, -0.2) is 18.9 Å². The Morgan fingerprint density at radius 1 is 1.33 bits per heavy atom. The molecular weight excluding hydrogens is 246 g/mol. The summed E-state index contributed by atoms with van der Waals surface area (Å²) < 4.78 is 0. The molecule has 1 saturated heterocycles. The summed E-state index contributed by atoms with van der Waals surface area (Å²) in [6.07, 6.45) is 4.78. The third kappa shape index (κ3) is 4.43. The van der Waals surface area contributed by atoms with Gasteiger partial charge in [-0.05, 0) is 56.0 Å². The highest BCUT2D eigenvalue weighted by Gasteiger charge is 2.14. The number of rotatable bonds is 5. The summed E-state index contributed by atoms with van der Waals surface area (Å²) in [7, 11) is 0. The molecule has 0 spiro atoms. The lowest BCUT2D eigenvalue weighted by Crippen LogP contribution is -2.30. The first kappa shape index (κ1) is 13.6. The molecule has 1 N–H and O–H groups in total. The minimum atomic E-state index is 0.336. The van der Waals surface area contributed by atoms with Gasteiger partial charge < -0.3 is 5.32 Å². The van der Waals surface area contributed by atoms with E-state index in [0.29, 0.717) is 24.5 Å². The van der Waals surface area contributed by atoms with Crippen LogP contribution in [0.2, 0.25) is 5.02 Å². The summed E-state index contributed by atoms with van der Waals surface area (Å²) in [5, 5.41) is 4.11. The molecule has 0 amide bonds. The van der Waals surface area contributed by atoms with Gasteiger partial charge in [-0.15, -0.1) is 0 Å². The van der Waals surface area contributed by atoms with Crippen molar-refractivity contribution in [3.05, 3.63) is 34.9 Å². The fourth-order valence-corrected chi connectivity index (χ4v) is 2.58. The Kier molecular flexibility index (Phi) is 5.21. The molecule has 1 aliphatic rings. The van der Waals surface area contributed by atoms with Crippen LogP contribution in [-0.2, 0) is 11.2 Å². The predicted molar refractivity (Wildman–Crippen MR) is 75.0 cm³/mol. The monoisotopic (exact) mass is 265 g/mol. The summed E-state index contributed by atoms with van der Waals surface area (Å²) in [6.45, 7) is 2.21. The number of halogens is 1. The van der Waals surface area contributed by atoms with E-state index in [2.05, 4.69) is 5.32 Å². The molecule has 1 fully saturated rings. The lowest BCUT2D eigenvalue weighted by molar-refractivity contribution is -0.118. The number of hydrogen-bond donors (Lipinski definition) is 1. The second-order valence-corrected chi connectivity index (χ2v) is 5.53. The molecule has 1 unspecified atom stereocenters. The van der Waals surface area contributed by atoms with Crippen LogP contribution in [0.4, 0.5) is 0 Å². The van der Waals surface area contributed by atoms with Crippen molar-refractivity contribution >= 4 is 17.4 Å². The average Bonchev–Trinajstić information content (AvgIpc) is 2.40. The molecule has 2 nitrogen and oxygen atoms in total. The van der Waals surface area contributed by atoms with Crippen LogP contribution in [0.25, 0.3) is 0 Å². The van der Waals surface area contributed by atoms with E-state index < -0.39 is 0 Å². The van der Waals surface area contributed by atoms with E-state index in [-0.39, 0.29) is 0 Å². The van der Waals surface area contributed by atoms with Gasteiger partial charge in [-0.1, -0.05) is 23.7 Å². The molecule has 2 rings (SSSR count). The van der Waals surface area contributed by atoms with E-state index in [1.807, 2.05) is 24.3 Å². The molecule has 18 heavy (non-hydrogen) atoms. The Labute approximate surface area is 114 Å². The van der Waals surface area contributed by atoms with Crippen LogP contribution in [0.15, 0.2) is 24.3 Å². The molecule has 3 heteroatoms. The maximum absolute atomic E-state index is 11.9. The van der Waals surface area contributed by atoms with Crippen molar-refractivity contribution in [3.63, 3.8) is 0 Å². The minimum absolute atomic E-state index is 0.336. The Balaban J connectivity index is 1.73. The van der Waals surface area contributed by atoms with Gasteiger partial charge in [-0.25, -0.2) is 0 Å². The van der Waals surface area contributed by atoms with E-state index in [1.165, 1.54) is 12.8 Å². The Bertz CT molecular complexity index is 382. The zero-order chi connectivity index (χ0) is 12.8. The largest absolute Gasteiger partial charge is 0.316 e. The average molecular weight is 266 g/mol. The van der Waals surface area contributed by atoms with Gasteiger partial charge in [0.25, 0.3) is 0 Å². The van der Waals surface area contributed by atoms with E-state index in [0.717, 1.165) is 30.1 Å². The van der Waals surface area contributed by atoms with E-state index in [1.54, 1.807) is 0 Å². The maximum Gasteiger partial charge on any atom is 0.137 e. The number of ketones is 1. The van der Waals surface area contributed by atoms with Crippen molar-refractivity contribution in [2.45, 2.75) is 32.1 Å². The van der Waals surface area contributed by atoms with E-state index in [4.69, 9.17) is 11.6 Å². The molecule has 0 aliphatic carbocycles. The van der Waals surface area contributed by atoms with Crippen LogP contribution in [0, 0.1) is 5.92 Å². The molecular formula is C15H20ClNO. The summed E-state index contributed by atoms with van der Waals surface area (Å²) in [4.78, 5) is 11.9. The quantitative estimate of drug-likeness (QED) is 0.886. The highest BCUT2D eigenvalue weighted by Crippen LogP contribution is 2.17. The van der Waals surface area contributed by atoms with Crippen molar-refractivity contribution < 1.29 is 4.79 Å². The number of Topliss-reactive ketones (excluding diaryl/α,β-unsaturated/α-hetero) is 1. The third-order valence-corrected chi connectivity index (χ3v) is 3.80. The summed E-state index contributed by atoms with van der Waals surface area (Å²) >= 11 is 5.82. The minimum Gasteiger partial charge on any atom is -0.316 e. The summed E-state index contributed by atoms with van der Waals surface area (Å²) in [6, 6.07) is 7.55. The summed E-state index contributed by atoms with van der Waals surface area (Å²) in [5.41, 5.74) is 1.06. The van der Waals surface area contributed by atoms with Crippen molar-refractivity contribution in [3.8, 4) is 0 Å². The lowest BCUT2D eigenvalue weighted by atomic mass is 9.92. The Hall–Kier alpha value is -0.860. The Morgan fingerprint density at radius 2 is 2.11 bits per heavy atom. The number of piperidine rings is 1. The molecule has 1 atom stereocenters. The maximum atomic E-state index is 11.9. The number of carbonyl (C=O) groups excluding carboxylic acids is 1. The van der Waals surface area contributed by atoms with Gasteiger partial charge in [0.2, 0.25) is 0 Å². The highest BCUT2D eigenvalue weighted by atomic mass is 35.5. The molecule has 1 aliphatic heterocycles. The van der Waals surface area contributed by atoms with Gasteiger partial charge in [0.05, 0.1) is 0 Å². The molecule has 0 aromatic heterocycles. The van der Waals surface area contributed by atoms with Gasteiger partial charge in [0.15, 0.2) is 0 Å². The van der Waals surface area contributed by atoms with Crippen LogP contribution >= 0.6 is 11.6 Å².